The summed E-state index contributed by atoms with van der Waals surface area (Å²) in [6.07, 6.45) is 2.66. The molecule has 3 rings (SSSR count). The van der Waals surface area contributed by atoms with Gasteiger partial charge in [-0.05, 0) is 30.7 Å². The van der Waals surface area contributed by atoms with Crippen molar-refractivity contribution in [3.63, 3.8) is 0 Å². The van der Waals surface area contributed by atoms with Crippen molar-refractivity contribution in [3.05, 3.63) is 22.4 Å². The van der Waals surface area contributed by atoms with Crippen molar-refractivity contribution < 1.29 is 8.42 Å². The van der Waals surface area contributed by atoms with Gasteiger partial charge in [0.2, 0.25) is 10.0 Å². The molecule has 1 aliphatic heterocycles. The third kappa shape index (κ3) is 2.61. The third-order valence-corrected chi connectivity index (χ3v) is 8.31. The summed E-state index contributed by atoms with van der Waals surface area (Å²) in [4.78, 5) is 1.38. The second-order valence-corrected chi connectivity index (χ2v) is 9.31. The highest BCUT2D eigenvalue weighted by Gasteiger charge is 2.40. The van der Waals surface area contributed by atoms with Crippen LogP contribution >= 0.6 is 23.1 Å². The molecule has 1 aromatic heterocycles. The van der Waals surface area contributed by atoms with Crippen LogP contribution in [0.1, 0.15) is 29.4 Å². The summed E-state index contributed by atoms with van der Waals surface area (Å²) in [5, 5.41) is 2.50. The van der Waals surface area contributed by atoms with Gasteiger partial charge in [0.25, 0.3) is 0 Å². The Bertz CT molecular complexity index is 493. The molecule has 3 nitrogen and oxygen atoms in total. The maximum Gasteiger partial charge on any atom is 0.217 e. The summed E-state index contributed by atoms with van der Waals surface area (Å²) >= 11 is 3.68. The van der Waals surface area contributed by atoms with Gasteiger partial charge in [0.05, 0.1) is 5.25 Å². The van der Waals surface area contributed by atoms with Crippen LogP contribution in [0.25, 0.3) is 0 Å². The third-order valence-electron chi connectivity index (χ3n) is 3.47. The molecule has 0 radical (unpaired) electrons. The molecule has 1 saturated heterocycles. The largest absolute Gasteiger partial charge is 0.217 e. The minimum atomic E-state index is -2.98. The van der Waals surface area contributed by atoms with Crippen LogP contribution in [0.4, 0.5) is 0 Å². The maximum absolute atomic E-state index is 12.2. The van der Waals surface area contributed by atoms with Gasteiger partial charge in [0.1, 0.15) is 0 Å². The molecule has 2 heterocycles. The van der Waals surface area contributed by atoms with Crippen molar-refractivity contribution in [1.82, 2.24) is 4.31 Å². The minimum Gasteiger partial charge on any atom is -0.212 e. The fourth-order valence-electron chi connectivity index (χ4n) is 2.28. The van der Waals surface area contributed by atoms with Crippen LogP contribution in [0, 0.1) is 0 Å². The molecule has 2 fully saturated rings. The maximum atomic E-state index is 12.2. The number of thioether (sulfide) groups is 1. The Morgan fingerprint density at radius 2 is 2.06 bits per heavy atom. The number of rotatable bonds is 3. The first-order valence-electron chi connectivity index (χ1n) is 6.32. The van der Waals surface area contributed by atoms with Gasteiger partial charge < -0.3 is 0 Å². The number of hydrogen-bond donors (Lipinski definition) is 0. The molecule has 18 heavy (non-hydrogen) atoms. The molecule has 1 saturated carbocycles. The van der Waals surface area contributed by atoms with E-state index >= 15 is 0 Å². The zero-order valence-electron chi connectivity index (χ0n) is 10.1. The highest BCUT2D eigenvalue weighted by Crippen LogP contribution is 2.39. The van der Waals surface area contributed by atoms with Gasteiger partial charge >= 0.3 is 0 Å². The Morgan fingerprint density at radius 3 is 2.72 bits per heavy atom. The lowest BCUT2D eigenvalue weighted by molar-refractivity contribution is 0.427. The standard InChI is InChI=1S/C12H17NO2S3/c14-18(15,10-3-4-10)13-6-5-12(17-9-7-13)11-2-1-8-16-11/h1-2,8,10,12H,3-7,9H2/t12-/m0/s1. The molecule has 0 aromatic carbocycles. The van der Waals surface area contributed by atoms with E-state index in [1.54, 1.807) is 15.6 Å². The monoisotopic (exact) mass is 303 g/mol. The van der Waals surface area contributed by atoms with Crippen LogP contribution in [-0.4, -0.2) is 36.8 Å². The molecule has 0 unspecified atom stereocenters. The molecule has 1 aliphatic carbocycles. The molecule has 0 N–H and O–H groups in total. The summed E-state index contributed by atoms with van der Waals surface area (Å²) in [7, 11) is -2.98. The first-order chi connectivity index (χ1) is 8.68. The van der Waals surface area contributed by atoms with Crippen molar-refractivity contribution >= 4 is 33.1 Å². The van der Waals surface area contributed by atoms with Gasteiger partial charge in [0, 0.05) is 29.0 Å². The van der Waals surface area contributed by atoms with E-state index in [0.717, 1.165) is 25.0 Å². The predicted octanol–water partition coefficient (Wildman–Crippen LogP) is 2.72. The zero-order valence-corrected chi connectivity index (χ0v) is 12.6. The Balaban J connectivity index is 1.68. The van der Waals surface area contributed by atoms with E-state index in [2.05, 4.69) is 17.5 Å². The average molecular weight is 303 g/mol. The SMILES string of the molecule is O=S(=O)(C1CC1)N1CCS[C@H](c2cccs2)CC1. The first kappa shape index (κ1) is 13.0. The fraction of sp³-hybridized carbons (Fsp3) is 0.667. The molecule has 0 spiro atoms. The number of sulfonamides is 1. The van der Waals surface area contributed by atoms with E-state index in [9.17, 15) is 8.42 Å². The fourth-order valence-corrected chi connectivity index (χ4v) is 6.49. The topological polar surface area (TPSA) is 37.4 Å². The summed E-state index contributed by atoms with van der Waals surface area (Å²) in [6, 6.07) is 4.23. The lowest BCUT2D eigenvalue weighted by Crippen LogP contribution is -2.35. The lowest BCUT2D eigenvalue weighted by Gasteiger charge is -2.19. The highest BCUT2D eigenvalue weighted by molar-refractivity contribution is 7.99. The highest BCUT2D eigenvalue weighted by atomic mass is 32.2. The van der Waals surface area contributed by atoms with Gasteiger partial charge in [-0.1, -0.05) is 6.07 Å². The summed E-state index contributed by atoms with van der Waals surface area (Å²) in [5.74, 6) is 0.911. The zero-order chi connectivity index (χ0) is 12.6. The van der Waals surface area contributed by atoms with Crippen molar-refractivity contribution in [2.45, 2.75) is 29.8 Å². The van der Waals surface area contributed by atoms with Crippen LogP contribution in [0.15, 0.2) is 17.5 Å². The number of hydrogen-bond acceptors (Lipinski definition) is 4. The van der Waals surface area contributed by atoms with E-state index in [1.807, 2.05) is 11.8 Å². The lowest BCUT2D eigenvalue weighted by atomic mass is 10.2. The van der Waals surface area contributed by atoms with Crippen LogP contribution in [0.3, 0.4) is 0 Å². The second-order valence-electron chi connectivity index (χ2n) is 4.81. The second kappa shape index (κ2) is 5.15. The van der Waals surface area contributed by atoms with E-state index in [-0.39, 0.29) is 5.25 Å². The van der Waals surface area contributed by atoms with Crippen molar-refractivity contribution in [2.75, 3.05) is 18.8 Å². The quantitative estimate of drug-likeness (QED) is 0.861. The van der Waals surface area contributed by atoms with Gasteiger partial charge in [0.15, 0.2) is 0 Å². The van der Waals surface area contributed by atoms with Crippen LogP contribution < -0.4 is 0 Å². The van der Waals surface area contributed by atoms with Gasteiger partial charge in [-0.15, -0.1) is 11.3 Å². The first-order valence-corrected chi connectivity index (χ1v) is 9.75. The summed E-state index contributed by atoms with van der Waals surface area (Å²) in [5.41, 5.74) is 0. The molecule has 100 valence electrons. The molecular weight excluding hydrogens is 286 g/mol. The Hall–Kier alpha value is -0.0400. The Kier molecular flexibility index (Phi) is 3.71. The molecule has 0 bridgehead atoms. The number of nitrogens with zero attached hydrogens (tertiary/aromatic N) is 1. The Labute approximate surface area is 117 Å². The predicted molar refractivity (Wildman–Crippen MR) is 77.6 cm³/mol. The molecule has 0 amide bonds. The van der Waals surface area contributed by atoms with Crippen LogP contribution in [-0.2, 0) is 10.0 Å². The normalized spacial score (nSPS) is 27.0. The van der Waals surface area contributed by atoms with Gasteiger partial charge in [-0.25, -0.2) is 12.7 Å². The molecule has 1 aromatic rings. The molecule has 6 heteroatoms. The summed E-state index contributed by atoms with van der Waals surface area (Å²) < 4.78 is 26.2. The van der Waals surface area contributed by atoms with E-state index in [0.29, 0.717) is 18.3 Å². The Morgan fingerprint density at radius 1 is 1.22 bits per heavy atom. The minimum absolute atomic E-state index is 0.0687. The van der Waals surface area contributed by atoms with E-state index in [4.69, 9.17) is 0 Å². The van der Waals surface area contributed by atoms with E-state index < -0.39 is 10.0 Å². The summed E-state index contributed by atoms with van der Waals surface area (Å²) in [6.45, 7) is 1.37. The van der Waals surface area contributed by atoms with Crippen LogP contribution in [0.2, 0.25) is 0 Å². The molecule has 2 aliphatic rings. The van der Waals surface area contributed by atoms with Crippen molar-refractivity contribution in [3.8, 4) is 0 Å². The molecule has 1 atom stereocenters. The van der Waals surface area contributed by atoms with Crippen molar-refractivity contribution in [2.24, 2.45) is 0 Å². The average Bonchev–Trinajstić information content (AvgIpc) is 3.13. The van der Waals surface area contributed by atoms with Gasteiger partial charge in [-0.2, -0.15) is 11.8 Å². The van der Waals surface area contributed by atoms with E-state index in [1.165, 1.54) is 4.88 Å². The van der Waals surface area contributed by atoms with Crippen LogP contribution in [0.5, 0.6) is 0 Å². The van der Waals surface area contributed by atoms with Crippen molar-refractivity contribution in [1.29, 1.82) is 0 Å². The number of thiophene rings is 1. The molecular formula is C12H17NO2S3. The van der Waals surface area contributed by atoms with Gasteiger partial charge in [-0.3, -0.25) is 0 Å². The smallest absolute Gasteiger partial charge is 0.212 e.